The Morgan fingerprint density at radius 2 is 1.47 bits per heavy atom. The molecule has 2 saturated heterocycles. The minimum absolute atomic E-state index is 0.0559. The first-order chi connectivity index (χ1) is 14.5. The summed E-state index contributed by atoms with van der Waals surface area (Å²) in [4.78, 5) is 11.2. The van der Waals surface area contributed by atoms with Crippen LogP contribution in [0.15, 0.2) is 48.5 Å². The Morgan fingerprint density at radius 3 is 1.87 bits per heavy atom. The Balaban J connectivity index is 1.33. The highest BCUT2D eigenvalue weighted by molar-refractivity contribution is 5.69. The zero-order chi connectivity index (χ0) is 21.0. The SMILES string of the molecule is N#Cc1ccc(OCC2(COc3ccc(C4(CC(=O)O)COC4)cc3)COC2)cc1. The van der Waals surface area contributed by atoms with Gasteiger partial charge in [-0.1, -0.05) is 12.1 Å². The predicted molar refractivity (Wildman–Crippen MR) is 107 cm³/mol. The number of rotatable bonds is 9. The molecule has 2 aliphatic heterocycles. The Bertz CT molecular complexity index is 924. The Hall–Kier alpha value is -3.08. The largest absolute Gasteiger partial charge is 0.493 e. The normalized spacial score (nSPS) is 18.4. The van der Waals surface area contributed by atoms with E-state index in [0.29, 0.717) is 56.7 Å². The molecule has 0 aromatic heterocycles. The van der Waals surface area contributed by atoms with E-state index in [9.17, 15) is 9.90 Å². The number of nitriles is 1. The number of aliphatic carboxylic acids is 1. The lowest BCUT2D eigenvalue weighted by Crippen LogP contribution is -2.51. The first kappa shape index (κ1) is 20.2. The average Bonchev–Trinajstić information content (AvgIpc) is 2.70. The van der Waals surface area contributed by atoms with Crippen molar-refractivity contribution in [2.24, 2.45) is 5.41 Å². The van der Waals surface area contributed by atoms with Crippen LogP contribution in [0.25, 0.3) is 0 Å². The van der Waals surface area contributed by atoms with Crippen molar-refractivity contribution in [3.63, 3.8) is 0 Å². The fourth-order valence-electron chi connectivity index (χ4n) is 3.61. The van der Waals surface area contributed by atoms with E-state index >= 15 is 0 Å². The predicted octanol–water partition coefficient (Wildman–Crippen LogP) is 2.78. The maximum absolute atomic E-state index is 11.2. The van der Waals surface area contributed by atoms with Crippen LogP contribution in [0.1, 0.15) is 17.5 Å². The summed E-state index contributed by atoms with van der Waals surface area (Å²) in [6.45, 7) is 2.86. The molecular formula is C23H23NO6. The van der Waals surface area contributed by atoms with E-state index in [0.717, 1.165) is 5.56 Å². The van der Waals surface area contributed by atoms with Crippen molar-refractivity contribution in [1.29, 1.82) is 5.26 Å². The van der Waals surface area contributed by atoms with Crippen LogP contribution in [0.5, 0.6) is 11.5 Å². The van der Waals surface area contributed by atoms with Gasteiger partial charge in [-0.3, -0.25) is 4.79 Å². The van der Waals surface area contributed by atoms with Crippen LogP contribution in [0, 0.1) is 16.7 Å². The molecule has 7 nitrogen and oxygen atoms in total. The van der Waals surface area contributed by atoms with Crippen LogP contribution < -0.4 is 9.47 Å². The Labute approximate surface area is 174 Å². The van der Waals surface area contributed by atoms with E-state index in [1.54, 1.807) is 24.3 Å². The van der Waals surface area contributed by atoms with Gasteiger partial charge in [-0.2, -0.15) is 5.26 Å². The number of nitrogens with zero attached hydrogens (tertiary/aromatic N) is 1. The summed E-state index contributed by atoms with van der Waals surface area (Å²) in [7, 11) is 0. The van der Waals surface area contributed by atoms with Gasteiger partial charge in [-0.05, 0) is 42.0 Å². The summed E-state index contributed by atoms with van der Waals surface area (Å²) in [5, 5.41) is 18.1. The molecule has 7 heteroatoms. The molecule has 0 amide bonds. The second-order valence-corrected chi connectivity index (χ2v) is 8.07. The van der Waals surface area contributed by atoms with Crippen LogP contribution in [0.4, 0.5) is 0 Å². The van der Waals surface area contributed by atoms with Crippen molar-refractivity contribution >= 4 is 5.97 Å². The Morgan fingerprint density at radius 1 is 0.933 bits per heavy atom. The molecule has 1 N–H and O–H groups in total. The van der Waals surface area contributed by atoms with Gasteiger partial charge in [0.05, 0.1) is 55.3 Å². The van der Waals surface area contributed by atoms with E-state index in [1.807, 2.05) is 24.3 Å². The number of carboxylic acid groups (broad SMARTS) is 1. The van der Waals surface area contributed by atoms with Crippen LogP contribution in [-0.4, -0.2) is 50.7 Å². The number of carbonyl (C=O) groups is 1. The summed E-state index contributed by atoms with van der Waals surface area (Å²) in [5.74, 6) is 0.595. The van der Waals surface area contributed by atoms with Crippen molar-refractivity contribution in [3.05, 3.63) is 59.7 Å². The fourth-order valence-corrected chi connectivity index (χ4v) is 3.61. The van der Waals surface area contributed by atoms with Crippen LogP contribution >= 0.6 is 0 Å². The molecule has 0 spiro atoms. The number of hydrogen-bond acceptors (Lipinski definition) is 6. The monoisotopic (exact) mass is 409 g/mol. The third-order valence-electron chi connectivity index (χ3n) is 5.60. The van der Waals surface area contributed by atoms with Gasteiger partial charge >= 0.3 is 5.97 Å². The first-order valence-electron chi connectivity index (χ1n) is 9.76. The summed E-state index contributed by atoms with van der Waals surface area (Å²) in [6.07, 6.45) is 0.0559. The molecule has 0 atom stereocenters. The molecule has 2 heterocycles. The average molecular weight is 409 g/mol. The number of benzene rings is 2. The van der Waals surface area contributed by atoms with Gasteiger partial charge in [0.15, 0.2) is 0 Å². The highest BCUT2D eigenvalue weighted by Crippen LogP contribution is 2.37. The second kappa shape index (κ2) is 8.34. The maximum atomic E-state index is 11.2. The van der Waals surface area contributed by atoms with Gasteiger partial charge < -0.3 is 24.1 Å². The minimum Gasteiger partial charge on any atom is -0.493 e. The van der Waals surface area contributed by atoms with Crippen molar-refractivity contribution in [2.75, 3.05) is 39.6 Å². The molecule has 4 rings (SSSR count). The molecule has 2 aromatic rings. The third kappa shape index (κ3) is 4.25. The summed E-state index contributed by atoms with van der Waals surface area (Å²) >= 11 is 0. The van der Waals surface area contributed by atoms with Crippen LogP contribution in [0.2, 0.25) is 0 Å². The zero-order valence-electron chi connectivity index (χ0n) is 16.5. The molecular weight excluding hydrogens is 386 g/mol. The fraction of sp³-hybridized carbons (Fsp3) is 0.391. The van der Waals surface area contributed by atoms with E-state index in [4.69, 9.17) is 24.2 Å². The van der Waals surface area contributed by atoms with E-state index < -0.39 is 11.4 Å². The molecule has 0 saturated carbocycles. The lowest BCUT2D eigenvalue weighted by Gasteiger charge is -2.41. The van der Waals surface area contributed by atoms with Crippen molar-refractivity contribution < 1.29 is 28.8 Å². The van der Waals surface area contributed by atoms with Gasteiger partial charge in [0, 0.05) is 0 Å². The lowest BCUT2D eigenvalue weighted by atomic mass is 9.76. The molecule has 2 aliphatic rings. The topological polar surface area (TPSA) is 98.0 Å². The van der Waals surface area contributed by atoms with Crippen LogP contribution in [0.3, 0.4) is 0 Å². The smallest absolute Gasteiger partial charge is 0.304 e. The van der Waals surface area contributed by atoms with Crippen molar-refractivity contribution in [1.82, 2.24) is 0 Å². The molecule has 2 aromatic carbocycles. The molecule has 0 radical (unpaired) electrons. The van der Waals surface area contributed by atoms with Crippen LogP contribution in [-0.2, 0) is 19.7 Å². The molecule has 30 heavy (non-hydrogen) atoms. The minimum atomic E-state index is -0.826. The first-order valence-corrected chi connectivity index (χ1v) is 9.76. The van der Waals surface area contributed by atoms with Gasteiger partial charge in [0.1, 0.15) is 24.7 Å². The summed E-state index contributed by atoms with van der Waals surface area (Å²) in [5.41, 5.74) is 0.880. The van der Waals surface area contributed by atoms with Gasteiger partial charge in [-0.25, -0.2) is 0 Å². The number of carboxylic acids is 1. The molecule has 0 bridgehead atoms. The van der Waals surface area contributed by atoms with E-state index in [1.165, 1.54) is 0 Å². The quantitative estimate of drug-likeness (QED) is 0.680. The highest BCUT2D eigenvalue weighted by Gasteiger charge is 2.43. The van der Waals surface area contributed by atoms with Crippen molar-refractivity contribution in [2.45, 2.75) is 11.8 Å². The number of ether oxygens (including phenoxy) is 4. The van der Waals surface area contributed by atoms with Crippen molar-refractivity contribution in [3.8, 4) is 17.6 Å². The highest BCUT2D eigenvalue weighted by atomic mass is 16.5. The molecule has 0 unspecified atom stereocenters. The molecule has 0 aliphatic carbocycles. The maximum Gasteiger partial charge on any atom is 0.304 e. The van der Waals surface area contributed by atoms with E-state index in [-0.39, 0.29) is 11.8 Å². The second-order valence-electron chi connectivity index (χ2n) is 8.07. The Kier molecular flexibility index (Phi) is 5.62. The van der Waals surface area contributed by atoms with E-state index in [2.05, 4.69) is 6.07 Å². The van der Waals surface area contributed by atoms with Gasteiger partial charge in [0.25, 0.3) is 0 Å². The third-order valence-corrected chi connectivity index (χ3v) is 5.60. The molecule has 2 fully saturated rings. The van der Waals surface area contributed by atoms with Gasteiger partial charge in [-0.15, -0.1) is 0 Å². The standard InChI is InChI=1S/C23H23NO6/c24-10-17-1-5-19(6-2-17)29-13-22(11-27-12-22)14-30-20-7-3-18(4-8-20)23(9-21(25)26)15-28-16-23/h1-8H,9,11-16H2,(H,25,26). The zero-order valence-corrected chi connectivity index (χ0v) is 16.5. The summed E-state index contributed by atoms with van der Waals surface area (Å²) < 4.78 is 22.6. The lowest BCUT2D eigenvalue weighted by molar-refractivity contribution is -0.149. The molecule has 156 valence electrons. The number of hydrogen-bond donors (Lipinski definition) is 1. The van der Waals surface area contributed by atoms with Gasteiger partial charge in [0.2, 0.25) is 0 Å². The summed E-state index contributed by atoms with van der Waals surface area (Å²) in [6, 6.07) is 16.7.